The predicted molar refractivity (Wildman–Crippen MR) is 188 cm³/mol. The molecular weight excluding hydrogens is 552 g/mol. The van der Waals surface area contributed by atoms with Gasteiger partial charge in [-0.15, -0.1) is 0 Å². The third-order valence-corrected chi connectivity index (χ3v) is 10.4. The summed E-state index contributed by atoms with van der Waals surface area (Å²) in [5.74, 6) is 0.903. The molecule has 4 nitrogen and oxygen atoms in total. The quantitative estimate of drug-likeness (QED) is 0.200. The molecule has 4 aromatic rings. The Labute approximate surface area is 270 Å². The molecule has 4 aromatic carbocycles. The lowest BCUT2D eigenvalue weighted by Crippen LogP contribution is -2.34. The molecule has 0 aliphatic carbocycles. The molecule has 0 atom stereocenters. The first kappa shape index (κ1) is 31.1. The van der Waals surface area contributed by atoms with Gasteiger partial charge in [0.05, 0.1) is 0 Å². The van der Waals surface area contributed by atoms with E-state index in [9.17, 15) is 10.2 Å². The van der Waals surface area contributed by atoms with E-state index in [0.29, 0.717) is 11.5 Å². The van der Waals surface area contributed by atoms with Gasteiger partial charge in [-0.2, -0.15) is 0 Å². The standard InChI is InChI=1S/C41H50N2O2/c1-41(37-22-20-34(44)30-39(37)42-26-12-2-3-13-27-42,38-23-21-35(45)31-40(38)43-28-14-4-5-15-29-43)25-24-36(32-16-8-6-9-17-32)33-18-10-7-11-19-33/h6-11,16-23,30-31,36,44-45H,2-5,12-15,24-29H2,1H3. The number of aromatic hydroxyl groups is 2. The van der Waals surface area contributed by atoms with E-state index in [1.807, 2.05) is 24.3 Å². The second kappa shape index (κ2) is 14.5. The number of phenolic OH excluding ortho intramolecular Hbond substituents is 2. The summed E-state index contributed by atoms with van der Waals surface area (Å²) in [5.41, 5.74) is 7.15. The van der Waals surface area contributed by atoms with Crippen molar-refractivity contribution in [2.24, 2.45) is 0 Å². The largest absolute Gasteiger partial charge is 0.508 e. The van der Waals surface area contributed by atoms with Gasteiger partial charge in [-0.1, -0.05) is 105 Å². The Morgan fingerprint density at radius 3 is 1.36 bits per heavy atom. The molecule has 0 radical (unpaired) electrons. The molecular formula is C41H50N2O2. The fraction of sp³-hybridized carbons (Fsp3) is 0.415. The molecule has 0 spiro atoms. The van der Waals surface area contributed by atoms with Crippen molar-refractivity contribution in [1.29, 1.82) is 0 Å². The second-order valence-electron chi connectivity index (χ2n) is 13.5. The van der Waals surface area contributed by atoms with Crippen molar-refractivity contribution >= 4 is 11.4 Å². The molecule has 2 aliphatic heterocycles. The third kappa shape index (κ3) is 7.16. The van der Waals surface area contributed by atoms with Crippen LogP contribution in [0.25, 0.3) is 0 Å². The van der Waals surface area contributed by atoms with Gasteiger partial charge in [-0.25, -0.2) is 0 Å². The van der Waals surface area contributed by atoms with Crippen LogP contribution in [0, 0.1) is 0 Å². The summed E-state index contributed by atoms with van der Waals surface area (Å²) < 4.78 is 0. The molecule has 236 valence electrons. The highest BCUT2D eigenvalue weighted by Gasteiger charge is 2.37. The first-order valence-corrected chi connectivity index (χ1v) is 17.3. The van der Waals surface area contributed by atoms with Crippen LogP contribution in [0.1, 0.15) is 99.3 Å². The minimum absolute atomic E-state index is 0.254. The summed E-state index contributed by atoms with van der Waals surface area (Å²) in [6.07, 6.45) is 11.6. The zero-order chi connectivity index (χ0) is 31.1. The van der Waals surface area contributed by atoms with E-state index in [-0.39, 0.29) is 11.3 Å². The number of anilines is 2. The fourth-order valence-electron chi connectivity index (χ4n) is 7.86. The number of rotatable bonds is 9. The van der Waals surface area contributed by atoms with Crippen LogP contribution in [0.15, 0.2) is 97.1 Å². The fourth-order valence-corrected chi connectivity index (χ4v) is 7.86. The first-order valence-electron chi connectivity index (χ1n) is 17.3. The van der Waals surface area contributed by atoms with Gasteiger partial charge in [0, 0.05) is 61.0 Å². The van der Waals surface area contributed by atoms with E-state index < -0.39 is 0 Å². The van der Waals surface area contributed by atoms with Crippen molar-refractivity contribution in [2.45, 2.75) is 82.5 Å². The molecule has 2 fully saturated rings. The molecule has 2 saturated heterocycles. The number of hydrogen-bond donors (Lipinski definition) is 2. The third-order valence-electron chi connectivity index (χ3n) is 10.4. The van der Waals surface area contributed by atoms with E-state index in [4.69, 9.17) is 0 Å². The SMILES string of the molecule is CC(CCC(c1ccccc1)c1ccccc1)(c1ccc(O)cc1N1CCCCCC1)c1ccc(O)cc1N1CCCCCC1. The monoisotopic (exact) mass is 602 g/mol. The minimum atomic E-state index is -0.369. The smallest absolute Gasteiger partial charge is 0.117 e. The van der Waals surface area contributed by atoms with Gasteiger partial charge >= 0.3 is 0 Å². The Kier molecular flexibility index (Phi) is 9.98. The van der Waals surface area contributed by atoms with Crippen LogP contribution in [-0.2, 0) is 5.41 Å². The van der Waals surface area contributed by atoms with E-state index in [1.54, 1.807) is 0 Å². The van der Waals surface area contributed by atoms with Crippen LogP contribution < -0.4 is 9.80 Å². The Morgan fingerprint density at radius 1 is 0.556 bits per heavy atom. The zero-order valence-corrected chi connectivity index (χ0v) is 27.0. The summed E-state index contributed by atoms with van der Waals surface area (Å²) in [6, 6.07) is 34.0. The van der Waals surface area contributed by atoms with Gasteiger partial charge < -0.3 is 20.0 Å². The van der Waals surface area contributed by atoms with Crippen LogP contribution in [0.3, 0.4) is 0 Å². The number of hydrogen-bond acceptors (Lipinski definition) is 4. The summed E-state index contributed by atoms with van der Waals surface area (Å²) in [6.45, 7) is 6.46. The molecule has 2 N–H and O–H groups in total. The number of benzene rings is 4. The summed E-state index contributed by atoms with van der Waals surface area (Å²) >= 11 is 0. The normalized spacial score (nSPS) is 16.4. The van der Waals surface area contributed by atoms with Crippen LogP contribution in [0.2, 0.25) is 0 Å². The molecule has 0 saturated carbocycles. The van der Waals surface area contributed by atoms with E-state index >= 15 is 0 Å². The molecule has 0 amide bonds. The van der Waals surface area contributed by atoms with Crippen molar-refractivity contribution in [3.63, 3.8) is 0 Å². The van der Waals surface area contributed by atoms with Crippen LogP contribution >= 0.6 is 0 Å². The van der Waals surface area contributed by atoms with Gasteiger partial charge in [-0.05, 0) is 72.9 Å². The zero-order valence-electron chi connectivity index (χ0n) is 27.0. The van der Waals surface area contributed by atoms with Crippen LogP contribution in [-0.4, -0.2) is 36.4 Å². The molecule has 0 unspecified atom stereocenters. The van der Waals surface area contributed by atoms with Crippen molar-refractivity contribution in [3.8, 4) is 11.5 Å². The lowest BCUT2D eigenvalue weighted by atomic mass is 9.69. The average molecular weight is 603 g/mol. The second-order valence-corrected chi connectivity index (χ2v) is 13.5. The van der Waals surface area contributed by atoms with E-state index in [1.165, 1.54) is 73.6 Å². The molecule has 6 rings (SSSR count). The Bertz CT molecular complexity index is 1390. The predicted octanol–water partition coefficient (Wildman–Crippen LogP) is 9.78. The van der Waals surface area contributed by atoms with Crippen molar-refractivity contribution < 1.29 is 10.2 Å². The van der Waals surface area contributed by atoms with Gasteiger partial charge in [0.1, 0.15) is 11.5 Å². The number of nitrogens with zero attached hydrogens (tertiary/aromatic N) is 2. The Balaban J connectivity index is 1.50. The minimum Gasteiger partial charge on any atom is -0.508 e. The van der Waals surface area contributed by atoms with Crippen molar-refractivity contribution in [2.75, 3.05) is 36.0 Å². The molecule has 45 heavy (non-hydrogen) atoms. The first-order chi connectivity index (χ1) is 22.0. The molecule has 2 heterocycles. The molecule has 2 aliphatic rings. The van der Waals surface area contributed by atoms with Gasteiger partial charge in [-0.3, -0.25) is 0 Å². The maximum absolute atomic E-state index is 10.8. The maximum Gasteiger partial charge on any atom is 0.117 e. The lowest BCUT2D eigenvalue weighted by molar-refractivity contribution is 0.462. The highest BCUT2D eigenvalue weighted by molar-refractivity contribution is 5.68. The highest BCUT2D eigenvalue weighted by atomic mass is 16.3. The van der Waals surface area contributed by atoms with E-state index in [0.717, 1.165) is 50.4 Å². The van der Waals surface area contributed by atoms with Crippen molar-refractivity contribution in [3.05, 3.63) is 119 Å². The highest BCUT2D eigenvalue weighted by Crippen LogP contribution is 2.49. The topological polar surface area (TPSA) is 46.9 Å². The summed E-state index contributed by atoms with van der Waals surface area (Å²) in [7, 11) is 0. The molecule has 4 heteroatoms. The molecule has 0 aromatic heterocycles. The van der Waals surface area contributed by atoms with Gasteiger partial charge in [0.15, 0.2) is 0 Å². The Morgan fingerprint density at radius 2 is 0.956 bits per heavy atom. The van der Waals surface area contributed by atoms with Crippen molar-refractivity contribution in [1.82, 2.24) is 0 Å². The van der Waals surface area contributed by atoms with Gasteiger partial charge in [0.2, 0.25) is 0 Å². The Hall–Kier alpha value is -3.92. The van der Waals surface area contributed by atoms with Gasteiger partial charge in [0.25, 0.3) is 0 Å². The summed E-state index contributed by atoms with van der Waals surface area (Å²) in [5, 5.41) is 21.7. The average Bonchev–Trinajstić information content (AvgIpc) is 3.52. The van der Waals surface area contributed by atoms with Crippen LogP contribution in [0.4, 0.5) is 11.4 Å². The summed E-state index contributed by atoms with van der Waals surface area (Å²) in [4.78, 5) is 5.05. The lowest BCUT2D eigenvalue weighted by Gasteiger charge is -2.40. The van der Waals surface area contributed by atoms with E-state index in [2.05, 4.69) is 89.5 Å². The van der Waals surface area contributed by atoms with Crippen LogP contribution in [0.5, 0.6) is 11.5 Å². The number of phenols is 2. The maximum atomic E-state index is 10.8. The molecule has 0 bridgehead atoms.